The van der Waals surface area contributed by atoms with Crippen LogP contribution in [0.15, 0.2) is 48.5 Å². The number of carbonyl (C=O) groups is 2. The fourth-order valence-electron chi connectivity index (χ4n) is 3.06. The summed E-state index contributed by atoms with van der Waals surface area (Å²) in [7, 11) is 1.60. The fraction of sp³-hybridized carbons (Fsp3) is 0.200. The highest BCUT2D eigenvalue weighted by Gasteiger charge is 2.35. The molecule has 142 valence electrons. The van der Waals surface area contributed by atoms with Gasteiger partial charge in [-0.1, -0.05) is 18.2 Å². The first-order valence-corrected chi connectivity index (χ1v) is 8.82. The third-order valence-corrected chi connectivity index (χ3v) is 4.61. The largest absolute Gasteiger partial charge is 0.497 e. The summed E-state index contributed by atoms with van der Waals surface area (Å²) in [6.45, 7) is 1.91. The number of methoxy groups -OCH3 is 1. The molecule has 4 rings (SSSR count). The fourth-order valence-corrected chi connectivity index (χ4v) is 3.06. The molecule has 2 heterocycles. The van der Waals surface area contributed by atoms with E-state index < -0.39 is 6.04 Å². The number of hydrogen-bond donors (Lipinski definition) is 2. The van der Waals surface area contributed by atoms with Gasteiger partial charge in [-0.3, -0.25) is 14.9 Å². The normalized spacial score (nSPS) is 15.1. The number of aryl methyl sites for hydroxylation is 1. The molecule has 0 aliphatic carbocycles. The number of benzene rings is 2. The summed E-state index contributed by atoms with van der Waals surface area (Å²) in [6, 6.07) is 14.1. The number of rotatable bonds is 5. The number of para-hydroxylation sites is 1. The molecule has 3 aromatic rings. The van der Waals surface area contributed by atoms with Crippen LogP contribution in [0.25, 0.3) is 11.4 Å². The van der Waals surface area contributed by atoms with Gasteiger partial charge in [0.05, 0.1) is 13.5 Å². The number of ether oxygens (including phenoxy) is 1. The van der Waals surface area contributed by atoms with Crippen LogP contribution in [0.5, 0.6) is 5.75 Å². The molecular weight excluding hydrogens is 358 g/mol. The highest BCUT2D eigenvalue weighted by molar-refractivity contribution is 6.01. The predicted molar refractivity (Wildman–Crippen MR) is 104 cm³/mol. The Labute approximate surface area is 161 Å². The van der Waals surface area contributed by atoms with Crippen molar-refractivity contribution in [1.29, 1.82) is 0 Å². The van der Waals surface area contributed by atoms with Crippen molar-refractivity contribution in [2.24, 2.45) is 0 Å². The van der Waals surface area contributed by atoms with Crippen LogP contribution in [-0.4, -0.2) is 33.7 Å². The lowest BCUT2D eigenvalue weighted by molar-refractivity contribution is -0.123. The van der Waals surface area contributed by atoms with Gasteiger partial charge in [-0.2, -0.15) is 4.98 Å². The van der Waals surface area contributed by atoms with Crippen LogP contribution in [0.2, 0.25) is 0 Å². The monoisotopic (exact) mass is 377 g/mol. The van der Waals surface area contributed by atoms with Crippen molar-refractivity contribution >= 4 is 23.5 Å². The van der Waals surface area contributed by atoms with E-state index in [1.54, 1.807) is 7.11 Å². The average Bonchev–Trinajstić information content (AvgIpc) is 3.22. The lowest BCUT2D eigenvalue weighted by Gasteiger charge is -2.11. The van der Waals surface area contributed by atoms with E-state index in [1.165, 1.54) is 4.68 Å². The average molecular weight is 377 g/mol. The lowest BCUT2D eigenvalue weighted by atomic mass is 10.1. The summed E-state index contributed by atoms with van der Waals surface area (Å²) in [4.78, 5) is 29.1. The summed E-state index contributed by atoms with van der Waals surface area (Å²) >= 11 is 0. The highest BCUT2D eigenvalue weighted by Crippen LogP contribution is 2.29. The van der Waals surface area contributed by atoms with E-state index in [2.05, 4.69) is 20.7 Å². The zero-order valence-electron chi connectivity index (χ0n) is 15.5. The van der Waals surface area contributed by atoms with Crippen LogP contribution < -0.4 is 15.4 Å². The zero-order chi connectivity index (χ0) is 19.7. The Kier molecular flexibility index (Phi) is 4.52. The molecule has 2 amide bonds. The summed E-state index contributed by atoms with van der Waals surface area (Å²) in [5.41, 5.74) is 2.47. The quantitative estimate of drug-likeness (QED) is 0.712. The molecule has 28 heavy (non-hydrogen) atoms. The first-order valence-electron chi connectivity index (χ1n) is 8.82. The molecule has 0 saturated heterocycles. The highest BCUT2D eigenvalue weighted by atomic mass is 16.5. The minimum absolute atomic E-state index is 0.0292. The Hall–Kier alpha value is -3.68. The van der Waals surface area contributed by atoms with Crippen LogP contribution in [0.1, 0.15) is 18.0 Å². The smallest absolute Gasteiger partial charge is 0.252 e. The van der Waals surface area contributed by atoms with Crippen molar-refractivity contribution in [3.8, 4) is 17.1 Å². The number of nitrogens with zero attached hydrogens (tertiary/aromatic N) is 3. The van der Waals surface area contributed by atoms with Crippen LogP contribution >= 0.6 is 0 Å². The number of anilines is 2. The Morgan fingerprint density at radius 2 is 1.96 bits per heavy atom. The predicted octanol–water partition coefficient (Wildman–Crippen LogP) is 2.78. The molecule has 0 radical (unpaired) electrons. The maximum atomic E-state index is 12.5. The number of hydrogen-bond acceptors (Lipinski definition) is 5. The summed E-state index contributed by atoms with van der Waals surface area (Å²) in [5.74, 6) is 0.987. The van der Waals surface area contributed by atoms with Gasteiger partial charge in [0.2, 0.25) is 11.9 Å². The van der Waals surface area contributed by atoms with Crippen LogP contribution in [-0.2, 0) is 9.59 Å². The van der Waals surface area contributed by atoms with Crippen LogP contribution in [0.3, 0.4) is 0 Å². The molecule has 1 atom stereocenters. The van der Waals surface area contributed by atoms with Gasteiger partial charge in [0.25, 0.3) is 5.91 Å². The Morgan fingerprint density at radius 3 is 2.68 bits per heavy atom. The molecule has 0 bridgehead atoms. The molecule has 0 spiro atoms. The Balaban J connectivity index is 1.52. The van der Waals surface area contributed by atoms with Gasteiger partial charge in [0.1, 0.15) is 11.8 Å². The first-order chi connectivity index (χ1) is 13.5. The standard InChI is InChI=1S/C20H19N5O3/c1-12-5-3-4-6-15(12)21-17(26)11-16-19(27)23-20-22-18(24-25(16)20)13-7-9-14(28-2)10-8-13/h3-10,16H,11H2,1-2H3,(H,21,26)(H,22,23,24,27)/t16-/m0/s1. The maximum absolute atomic E-state index is 12.5. The van der Waals surface area contributed by atoms with Gasteiger partial charge in [-0.05, 0) is 42.8 Å². The van der Waals surface area contributed by atoms with E-state index in [4.69, 9.17) is 4.74 Å². The van der Waals surface area contributed by atoms with Gasteiger partial charge in [-0.15, -0.1) is 5.10 Å². The third-order valence-electron chi connectivity index (χ3n) is 4.61. The molecule has 0 fully saturated rings. The number of fused-ring (bicyclic) bond motifs is 1. The Bertz CT molecular complexity index is 1040. The number of carbonyl (C=O) groups excluding carboxylic acids is 2. The molecule has 8 heteroatoms. The summed E-state index contributed by atoms with van der Waals surface area (Å²) in [5, 5.41) is 9.96. The van der Waals surface area contributed by atoms with Crippen molar-refractivity contribution in [1.82, 2.24) is 14.8 Å². The second-order valence-corrected chi connectivity index (χ2v) is 6.50. The minimum atomic E-state index is -0.737. The van der Waals surface area contributed by atoms with Gasteiger partial charge < -0.3 is 10.1 Å². The van der Waals surface area contributed by atoms with Crippen LogP contribution in [0, 0.1) is 6.92 Å². The van der Waals surface area contributed by atoms with E-state index in [-0.39, 0.29) is 18.2 Å². The van der Waals surface area contributed by atoms with Crippen molar-refractivity contribution in [2.75, 3.05) is 17.7 Å². The minimum Gasteiger partial charge on any atom is -0.497 e. The summed E-state index contributed by atoms with van der Waals surface area (Å²) in [6.07, 6.45) is -0.0292. The zero-order valence-corrected chi connectivity index (χ0v) is 15.5. The van der Waals surface area contributed by atoms with Gasteiger partial charge in [0.15, 0.2) is 5.82 Å². The molecule has 2 N–H and O–H groups in total. The van der Waals surface area contributed by atoms with Crippen molar-refractivity contribution in [3.63, 3.8) is 0 Å². The molecule has 8 nitrogen and oxygen atoms in total. The molecule has 2 aromatic carbocycles. The van der Waals surface area contributed by atoms with Crippen LogP contribution in [0.4, 0.5) is 11.6 Å². The topological polar surface area (TPSA) is 98.1 Å². The van der Waals surface area contributed by atoms with E-state index in [1.807, 2.05) is 55.5 Å². The third kappa shape index (κ3) is 3.32. The lowest BCUT2D eigenvalue weighted by Crippen LogP contribution is -2.24. The van der Waals surface area contributed by atoms with Gasteiger partial charge in [-0.25, -0.2) is 4.68 Å². The first kappa shape index (κ1) is 17.7. The number of amides is 2. The number of nitrogens with one attached hydrogen (secondary N) is 2. The van der Waals surface area contributed by atoms with E-state index >= 15 is 0 Å². The molecule has 0 saturated carbocycles. The molecule has 1 aliphatic rings. The Morgan fingerprint density at radius 1 is 1.21 bits per heavy atom. The van der Waals surface area contributed by atoms with Crippen molar-refractivity contribution in [3.05, 3.63) is 54.1 Å². The SMILES string of the molecule is COc1ccc(-c2nc3n(n2)[C@@H](CC(=O)Nc2ccccc2C)C(=O)N3)cc1. The molecular formula is C20H19N5O3. The molecule has 1 aromatic heterocycles. The number of aromatic nitrogens is 3. The molecule has 0 unspecified atom stereocenters. The van der Waals surface area contributed by atoms with Gasteiger partial charge >= 0.3 is 0 Å². The maximum Gasteiger partial charge on any atom is 0.252 e. The summed E-state index contributed by atoms with van der Waals surface area (Å²) < 4.78 is 6.62. The van der Waals surface area contributed by atoms with E-state index in [9.17, 15) is 9.59 Å². The van der Waals surface area contributed by atoms with Crippen molar-refractivity contribution < 1.29 is 14.3 Å². The van der Waals surface area contributed by atoms with Gasteiger partial charge in [0, 0.05) is 11.3 Å². The van der Waals surface area contributed by atoms with E-state index in [0.717, 1.165) is 22.6 Å². The van der Waals surface area contributed by atoms with E-state index in [0.29, 0.717) is 11.8 Å². The second kappa shape index (κ2) is 7.15. The second-order valence-electron chi connectivity index (χ2n) is 6.50. The van der Waals surface area contributed by atoms with Crippen molar-refractivity contribution in [2.45, 2.75) is 19.4 Å². The molecule has 1 aliphatic heterocycles.